The average Bonchev–Trinajstić information content (AvgIpc) is 2.36. The third-order valence-corrected chi connectivity index (χ3v) is 2.13. The summed E-state index contributed by atoms with van der Waals surface area (Å²) in [6, 6.07) is 0. The van der Waals surface area contributed by atoms with Crippen molar-refractivity contribution in [1.29, 1.82) is 0 Å². The smallest absolute Gasteiger partial charge is 0.223 e. The minimum atomic E-state index is 0.219. The first-order chi connectivity index (χ1) is 5.24. The van der Waals surface area contributed by atoms with Gasteiger partial charge < -0.3 is 10.6 Å². The normalized spacial score (nSPS) is 24.2. The zero-order valence-electron chi connectivity index (χ0n) is 7.05. The number of nitrogens with zero attached hydrogens (tertiary/aromatic N) is 1. The molecule has 64 valence electrons. The zero-order chi connectivity index (χ0) is 8.27. The molecule has 3 heteroatoms. The number of hydrogen-bond donors (Lipinski definition) is 1. The largest absolute Gasteiger partial charge is 0.342 e. The molecule has 1 saturated heterocycles. The van der Waals surface area contributed by atoms with Gasteiger partial charge >= 0.3 is 0 Å². The number of hydrogen-bond acceptors (Lipinski definition) is 2. The van der Waals surface area contributed by atoms with Crippen LogP contribution in [0.5, 0.6) is 0 Å². The third kappa shape index (κ3) is 2.19. The van der Waals surface area contributed by atoms with E-state index < -0.39 is 0 Å². The molecule has 0 aromatic carbocycles. The molecular weight excluding hydrogens is 140 g/mol. The van der Waals surface area contributed by atoms with Crippen LogP contribution in [0.2, 0.25) is 0 Å². The maximum Gasteiger partial charge on any atom is 0.223 e. The molecule has 1 rings (SSSR count). The number of likely N-dealkylation sites (tertiary alicyclic amines) is 1. The molecule has 0 aromatic heterocycles. The first kappa shape index (κ1) is 8.53. The first-order valence-electron chi connectivity index (χ1n) is 4.22. The van der Waals surface area contributed by atoms with Crippen LogP contribution in [-0.2, 0) is 4.79 Å². The van der Waals surface area contributed by atoms with Gasteiger partial charge in [0.05, 0.1) is 0 Å². The standard InChI is InChI=1S/C8H16N2O/c1-7-3-5-10(6-7)8(11)2-4-9/h7H,2-6,9H2,1H3/t7-/m0/s1. The minimum Gasteiger partial charge on any atom is -0.342 e. The Morgan fingerprint density at radius 3 is 2.91 bits per heavy atom. The van der Waals surface area contributed by atoms with Crippen molar-refractivity contribution in [2.24, 2.45) is 11.7 Å². The Morgan fingerprint density at radius 1 is 1.73 bits per heavy atom. The molecule has 1 aliphatic heterocycles. The topological polar surface area (TPSA) is 46.3 Å². The summed E-state index contributed by atoms with van der Waals surface area (Å²) in [4.78, 5) is 13.2. The lowest BCUT2D eigenvalue weighted by atomic mass is 10.2. The summed E-state index contributed by atoms with van der Waals surface area (Å²) in [6.07, 6.45) is 1.66. The van der Waals surface area contributed by atoms with E-state index in [1.807, 2.05) is 4.90 Å². The second-order valence-electron chi connectivity index (χ2n) is 3.27. The van der Waals surface area contributed by atoms with Crippen LogP contribution in [0.1, 0.15) is 19.8 Å². The van der Waals surface area contributed by atoms with Crippen molar-refractivity contribution in [2.75, 3.05) is 19.6 Å². The Labute approximate surface area is 67.5 Å². The summed E-state index contributed by atoms with van der Waals surface area (Å²) in [5.74, 6) is 0.897. The molecule has 3 nitrogen and oxygen atoms in total. The van der Waals surface area contributed by atoms with E-state index in [9.17, 15) is 4.79 Å². The van der Waals surface area contributed by atoms with Gasteiger partial charge in [-0.3, -0.25) is 4.79 Å². The van der Waals surface area contributed by atoms with Gasteiger partial charge in [0.15, 0.2) is 0 Å². The van der Waals surface area contributed by atoms with Crippen molar-refractivity contribution in [2.45, 2.75) is 19.8 Å². The quantitative estimate of drug-likeness (QED) is 0.621. The van der Waals surface area contributed by atoms with Gasteiger partial charge in [-0.1, -0.05) is 6.92 Å². The SMILES string of the molecule is C[C@H]1CCN(C(=O)CCN)C1. The van der Waals surface area contributed by atoms with Crippen molar-refractivity contribution in [1.82, 2.24) is 4.90 Å². The Morgan fingerprint density at radius 2 is 2.45 bits per heavy atom. The summed E-state index contributed by atoms with van der Waals surface area (Å²) >= 11 is 0. The van der Waals surface area contributed by atoms with Gasteiger partial charge in [-0.05, 0) is 12.3 Å². The molecule has 0 unspecified atom stereocenters. The first-order valence-corrected chi connectivity index (χ1v) is 4.22. The maximum atomic E-state index is 11.2. The number of carbonyl (C=O) groups excluding carboxylic acids is 1. The van der Waals surface area contributed by atoms with Gasteiger partial charge in [0.25, 0.3) is 0 Å². The Bertz CT molecular complexity index is 147. The van der Waals surface area contributed by atoms with E-state index in [1.165, 1.54) is 0 Å². The molecular formula is C8H16N2O. The van der Waals surface area contributed by atoms with E-state index in [1.54, 1.807) is 0 Å². The lowest BCUT2D eigenvalue weighted by molar-refractivity contribution is -0.130. The highest BCUT2D eigenvalue weighted by Crippen LogP contribution is 2.15. The molecule has 1 heterocycles. The molecule has 2 N–H and O–H groups in total. The van der Waals surface area contributed by atoms with Crippen LogP contribution in [0.25, 0.3) is 0 Å². The van der Waals surface area contributed by atoms with Crippen molar-refractivity contribution in [3.8, 4) is 0 Å². The average molecular weight is 156 g/mol. The molecule has 0 spiro atoms. The highest BCUT2D eigenvalue weighted by atomic mass is 16.2. The molecule has 0 aliphatic carbocycles. The van der Waals surface area contributed by atoms with Crippen LogP contribution < -0.4 is 5.73 Å². The predicted molar refractivity (Wildman–Crippen MR) is 44.0 cm³/mol. The fourth-order valence-corrected chi connectivity index (χ4v) is 1.44. The summed E-state index contributed by atoms with van der Waals surface area (Å²) in [5.41, 5.74) is 5.28. The molecule has 11 heavy (non-hydrogen) atoms. The van der Waals surface area contributed by atoms with Crippen molar-refractivity contribution in [3.05, 3.63) is 0 Å². The third-order valence-electron chi connectivity index (χ3n) is 2.13. The molecule has 1 atom stereocenters. The van der Waals surface area contributed by atoms with Gasteiger partial charge in [0.1, 0.15) is 0 Å². The number of rotatable bonds is 2. The molecule has 0 aromatic rings. The summed E-state index contributed by atoms with van der Waals surface area (Å²) in [5, 5.41) is 0. The van der Waals surface area contributed by atoms with E-state index in [0.717, 1.165) is 19.5 Å². The van der Waals surface area contributed by atoms with E-state index in [2.05, 4.69) is 6.92 Å². The van der Waals surface area contributed by atoms with Gasteiger partial charge in [-0.2, -0.15) is 0 Å². The second kappa shape index (κ2) is 3.72. The van der Waals surface area contributed by atoms with Crippen molar-refractivity contribution >= 4 is 5.91 Å². The Hall–Kier alpha value is -0.570. The van der Waals surface area contributed by atoms with Crippen LogP contribution in [-0.4, -0.2) is 30.4 Å². The highest BCUT2D eigenvalue weighted by molar-refractivity contribution is 5.76. The van der Waals surface area contributed by atoms with Crippen LogP contribution in [0.15, 0.2) is 0 Å². The molecule has 0 saturated carbocycles. The molecule has 0 bridgehead atoms. The summed E-state index contributed by atoms with van der Waals surface area (Å²) in [6.45, 7) is 4.51. The zero-order valence-corrected chi connectivity index (χ0v) is 7.05. The van der Waals surface area contributed by atoms with Crippen LogP contribution in [0, 0.1) is 5.92 Å². The molecule has 0 radical (unpaired) electrons. The molecule has 1 amide bonds. The van der Waals surface area contributed by atoms with E-state index in [0.29, 0.717) is 18.9 Å². The predicted octanol–water partition coefficient (Wildman–Crippen LogP) is 0.204. The molecule has 1 fully saturated rings. The highest BCUT2D eigenvalue weighted by Gasteiger charge is 2.21. The maximum absolute atomic E-state index is 11.2. The van der Waals surface area contributed by atoms with Crippen molar-refractivity contribution in [3.63, 3.8) is 0 Å². The van der Waals surface area contributed by atoms with Gasteiger partial charge in [-0.25, -0.2) is 0 Å². The second-order valence-corrected chi connectivity index (χ2v) is 3.27. The fraction of sp³-hybridized carbons (Fsp3) is 0.875. The monoisotopic (exact) mass is 156 g/mol. The fourth-order valence-electron chi connectivity index (χ4n) is 1.44. The van der Waals surface area contributed by atoms with Gasteiger partial charge in [-0.15, -0.1) is 0 Å². The van der Waals surface area contributed by atoms with Gasteiger partial charge in [0.2, 0.25) is 5.91 Å². The number of carbonyl (C=O) groups is 1. The lowest BCUT2D eigenvalue weighted by Crippen LogP contribution is -2.29. The van der Waals surface area contributed by atoms with Crippen LogP contribution in [0.4, 0.5) is 0 Å². The van der Waals surface area contributed by atoms with Crippen LogP contribution >= 0.6 is 0 Å². The summed E-state index contributed by atoms with van der Waals surface area (Å²) in [7, 11) is 0. The van der Waals surface area contributed by atoms with Crippen LogP contribution in [0.3, 0.4) is 0 Å². The van der Waals surface area contributed by atoms with E-state index in [-0.39, 0.29) is 5.91 Å². The number of nitrogens with two attached hydrogens (primary N) is 1. The van der Waals surface area contributed by atoms with E-state index in [4.69, 9.17) is 5.73 Å². The number of amides is 1. The lowest BCUT2D eigenvalue weighted by Gasteiger charge is -2.14. The minimum absolute atomic E-state index is 0.219. The van der Waals surface area contributed by atoms with Gasteiger partial charge in [0, 0.05) is 26.1 Å². The van der Waals surface area contributed by atoms with Crippen molar-refractivity contribution < 1.29 is 4.79 Å². The Balaban J connectivity index is 2.31. The molecule has 1 aliphatic rings. The Kier molecular flexibility index (Phi) is 2.88. The summed E-state index contributed by atoms with van der Waals surface area (Å²) < 4.78 is 0. The van der Waals surface area contributed by atoms with E-state index >= 15 is 0 Å².